The van der Waals surface area contributed by atoms with Crippen LogP contribution in [0, 0.1) is 12.3 Å². The fourth-order valence-electron chi connectivity index (χ4n) is 7.63. The Balaban J connectivity index is 1.11. The van der Waals surface area contributed by atoms with E-state index in [-0.39, 0.29) is 49.5 Å². The zero-order chi connectivity index (χ0) is 40.0. The van der Waals surface area contributed by atoms with Crippen LogP contribution in [0.5, 0.6) is 0 Å². The molecule has 2 amide bonds. The van der Waals surface area contributed by atoms with E-state index in [1.807, 2.05) is 70.5 Å². The van der Waals surface area contributed by atoms with Crippen LogP contribution in [0.3, 0.4) is 0 Å². The average Bonchev–Trinajstić information content (AvgIpc) is 3.76. The second-order valence-electron chi connectivity index (χ2n) is 15.9. The minimum absolute atomic E-state index is 0.0917. The van der Waals surface area contributed by atoms with Gasteiger partial charge in [0, 0.05) is 44.5 Å². The van der Waals surface area contributed by atoms with Crippen LogP contribution in [0.4, 0.5) is 5.82 Å². The van der Waals surface area contributed by atoms with E-state index >= 15 is 0 Å². The Bertz CT molecular complexity index is 1740. The number of carbonyl (C=O) groups is 3. The van der Waals surface area contributed by atoms with E-state index in [2.05, 4.69) is 44.2 Å². The predicted molar refractivity (Wildman–Crippen MR) is 212 cm³/mol. The third-order valence-corrected chi connectivity index (χ3v) is 11.5. The number of nitrogens with one attached hydrogen (secondary N) is 2. The molecule has 14 nitrogen and oxygen atoms in total. The van der Waals surface area contributed by atoms with E-state index < -0.39 is 35.8 Å². The van der Waals surface area contributed by atoms with Crippen molar-refractivity contribution in [3.8, 4) is 10.4 Å². The Morgan fingerprint density at radius 3 is 2.29 bits per heavy atom. The van der Waals surface area contributed by atoms with E-state index in [4.69, 9.17) is 9.47 Å². The fourth-order valence-corrected chi connectivity index (χ4v) is 8.44. The number of aliphatic hydroxyl groups is 2. The molecule has 4 N–H and O–H groups in total. The fraction of sp³-hybridized carbons (Fsp3) is 0.575. The lowest BCUT2D eigenvalue weighted by molar-refractivity contribution is -0.137. The third kappa shape index (κ3) is 10.5. The molecule has 2 aliphatic heterocycles. The predicted octanol–water partition coefficient (Wildman–Crippen LogP) is 3.38. The van der Waals surface area contributed by atoms with Crippen LogP contribution in [-0.2, 0) is 19.1 Å². The van der Waals surface area contributed by atoms with Gasteiger partial charge in [-0.15, -0.1) is 11.3 Å². The molecule has 15 heteroatoms. The van der Waals surface area contributed by atoms with Crippen LogP contribution in [-0.4, -0.2) is 131 Å². The molecule has 0 bridgehead atoms. The quantitative estimate of drug-likeness (QED) is 0.139. The number of amides is 2. The first-order chi connectivity index (χ1) is 26.1. The second-order valence-corrected chi connectivity index (χ2v) is 16.7. The van der Waals surface area contributed by atoms with Crippen molar-refractivity contribution in [2.45, 2.75) is 97.4 Å². The number of aryl methyl sites for hydroxylation is 1. The number of anilines is 1. The van der Waals surface area contributed by atoms with Crippen LogP contribution in [0.15, 0.2) is 48.1 Å². The Hall–Kier alpha value is -3.99. The molecule has 7 atom stereocenters. The van der Waals surface area contributed by atoms with Crippen molar-refractivity contribution in [2.24, 2.45) is 5.41 Å². The van der Waals surface area contributed by atoms with E-state index in [1.165, 1.54) is 13.3 Å². The minimum atomic E-state index is -1.24. The summed E-state index contributed by atoms with van der Waals surface area (Å²) in [6.07, 6.45) is -0.346. The normalized spacial score (nSPS) is 22.5. The van der Waals surface area contributed by atoms with Crippen LogP contribution in [0.25, 0.3) is 10.4 Å². The number of hydrogen-bond donors (Lipinski definition) is 4. The summed E-state index contributed by atoms with van der Waals surface area (Å²) in [6.45, 7) is 16.3. The van der Waals surface area contributed by atoms with Crippen LogP contribution in [0.1, 0.15) is 75.6 Å². The summed E-state index contributed by atoms with van der Waals surface area (Å²) >= 11 is 1.59. The van der Waals surface area contributed by atoms with Crippen LogP contribution in [0.2, 0.25) is 0 Å². The summed E-state index contributed by atoms with van der Waals surface area (Å²) in [7, 11) is 1.34. The number of hydrogen-bond acceptors (Lipinski definition) is 13. The molecule has 55 heavy (non-hydrogen) atoms. The number of ether oxygens (including phenoxy) is 2. The van der Waals surface area contributed by atoms with Gasteiger partial charge in [-0.25, -0.2) is 14.8 Å². The summed E-state index contributed by atoms with van der Waals surface area (Å²) in [5, 5.41) is 28.4. The lowest BCUT2D eigenvalue weighted by atomic mass is 9.85. The molecule has 0 aliphatic carbocycles. The summed E-state index contributed by atoms with van der Waals surface area (Å²) in [5.41, 5.74) is 4.61. The minimum Gasteiger partial charge on any atom is -0.465 e. The standard InChI is InChI=1S/C40H57N7O7S/c1-24-19-45(20-25(2)47(24)33-14-13-30(18-41-33)39(52)53-8)15-16-54-22-34(49)44-36(40(5,6)7)38(51)46-21-31(48)17-32(46)37(50)43-26(3)28-9-11-29(12-10-28)35-27(4)42-23-55-35/h9-14,18,23-26,31-32,36,38,48,51H,15-17,19-22H2,1-8H3,(H,43,50)(H,44,49)/t24-,25+,26-,31+,32?,36+,38?/m0/s1. The van der Waals surface area contributed by atoms with Gasteiger partial charge in [0.15, 0.2) is 0 Å². The number of rotatable bonds is 14. The van der Waals surface area contributed by atoms with Crippen molar-refractivity contribution < 1.29 is 34.1 Å². The molecule has 0 spiro atoms. The number of esters is 1. The van der Waals surface area contributed by atoms with Gasteiger partial charge in [-0.2, -0.15) is 0 Å². The number of piperazine rings is 1. The van der Waals surface area contributed by atoms with Crippen LogP contribution >= 0.6 is 11.3 Å². The van der Waals surface area contributed by atoms with Gasteiger partial charge in [0.2, 0.25) is 11.8 Å². The van der Waals surface area contributed by atoms with Gasteiger partial charge in [-0.05, 0) is 62.8 Å². The van der Waals surface area contributed by atoms with E-state index in [9.17, 15) is 24.6 Å². The van der Waals surface area contributed by atoms with Crippen molar-refractivity contribution in [1.82, 2.24) is 30.4 Å². The number of nitrogens with zero attached hydrogens (tertiary/aromatic N) is 5. The number of likely N-dealkylation sites (tertiary alicyclic amines) is 1. The monoisotopic (exact) mass is 779 g/mol. The molecule has 2 unspecified atom stereocenters. The highest BCUT2D eigenvalue weighted by Crippen LogP contribution is 2.31. The van der Waals surface area contributed by atoms with Gasteiger partial charge >= 0.3 is 5.97 Å². The van der Waals surface area contributed by atoms with Crippen molar-refractivity contribution >= 4 is 34.9 Å². The SMILES string of the molecule is COC(=O)c1ccc(N2[C@H](C)CN(CCOCC(=O)N[C@H](C(O)N3C[C@H](O)CC3C(=O)N[C@@H](C)c3ccc(-c4scnc4C)cc3)C(C)(C)C)C[C@@H]2C)nc1. The van der Waals surface area contributed by atoms with Gasteiger partial charge in [0.25, 0.3) is 0 Å². The molecule has 2 aliphatic rings. The largest absolute Gasteiger partial charge is 0.465 e. The molecular weight excluding hydrogens is 723 g/mol. The summed E-state index contributed by atoms with van der Waals surface area (Å²) < 4.78 is 10.6. The molecule has 2 saturated heterocycles. The molecular formula is C40H57N7O7S. The molecule has 0 saturated carbocycles. The topological polar surface area (TPSA) is 170 Å². The molecule has 4 heterocycles. The Morgan fingerprint density at radius 1 is 1.02 bits per heavy atom. The maximum atomic E-state index is 13.6. The highest BCUT2D eigenvalue weighted by Gasteiger charge is 2.45. The molecule has 300 valence electrons. The van der Waals surface area contributed by atoms with E-state index in [1.54, 1.807) is 22.3 Å². The number of pyridine rings is 1. The van der Waals surface area contributed by atoms with Gasteiger partial charge < -0.3 is 35.2 Å². The first kappa shape index (κ1) is 42.2. The smallest absolute Gasteiger partial charge is 0.339 e. The van der Waals surface area contributed by atoms with Crippen molar-refractivity contribution in [3.05, 3.63) is 64.9 Å². The Morgan fingerprint density at radius 2 is 1.71 bits per heavy atom. The van der Waals surface area contributed by atoms with Crippen molar-refractivity contribution in [3.63, 3.8) is 0 Å². The molecule has 3 aromatic rings. The summed E-state index contributed by atoms with van der Waals surface area (Å²) in [4.78, 5) is 54.7. The highest BCUT2D eigenvalue weighted by atomic mass is 32.1. The second kappa shape index (κ2) is 18.3. The maximum absolute atomic E-state index is 13.6. The van der Waals surface area contributed by atoms with Crippen molar-refractivity contribution in [1.29, 1.82) is 0 Å². The number of benzene rings is 1. The summed E-state index contributed by atoms with van der Waals surface area (Å²) in [6, 6.07) is 10.0. The zero-order valence-corrected chi connectivity index (χ0v) is 34.0. The Kier molecular flexibility index (Phi) is 14.0. The molecule has 2 aromatic heterocycles. The van der Waals surface area contributed by atoms with Gasteiger partial charge in [-0.3, -0.25) is 19.4 Å². The van der Waals surface area contributed by atoms with E-state index in [0.717, 1.165) is 40.6 Å². The zero-order valence-electron chi connectivity index (χ0n) is 33.2. The molecule has 2 fully saturated rings. The van der Waals surface area contributed by atoms with Gasteiger partial charge in [-0.1, -0.05) is 45.0 Å². The first-order valence-corrected chi connectivity index (χ1v) is 19.8. The number of aliphatic hydroxyl groups excluding tert-OH is 2. The van der Waals surface area contributed by atoms with Gasteiger partial charge in [0.1, 0.15) is 18.7 Å². The number of β-amino-alcohol motifs (C(OH)–C–C–N with tert-alkyl or cyclic N) is 1. The highest BCUT2D eigenvalue weighted by molar-refractivity contribution is 7.13. The lowest BCUT2D eigenvalue weighted by Crippen LogP contribution is -2.60. The average molecular weight is 780 g/mol. The third-order valence-electron chi connectivity index (χ3n) is 10.5. The van der Waals surface area contributed by atoms with Crippen LogP contribution < -0.4 is 15.5 Å². The number of thiazole rings is 1. The molecule has 1 aromatic carbocycles. The van der Waals surface area contributed by atoms with Crippen molar-refractivity contribution in [2.75, 3.05) is 51.4 Å². The first-order valence-electron chi connectivity index (χ1n) is 18.9. The lowest BCUT2D eigenvalue weighted by Gasteiger charge is -2.45. The molecule has 5 rings (SSSR count). The Labute approximate surface area is 328 Å². The molecule has 0 radical (unpaired) electrons. The number of aromatic nitrogens is 2. The number of carbonyl (C=O) groups excluding carboxylic acids is 3. The van der Waals surface area contributed by atoms with Gasteiger partial charge in [0.05, 0.1) is 59.6 Å². The van der Waals surface area contributed by atoms with E-state index in [0.29, 0.717) is 18.7 Å². The maximum Gasteiger partial charge on any atom is 0.339 e. The summed E-state index contributed by atoms with van der Waals surface area (Å²) in [5.74, 6) is -0.302. The number of methoxy groups -OCH3 is 1.